The molecule has 0 aromatic heterocycles. The Bertz CT molecular complexity index is 498. The van der Waals surface area contributed by atoms with Crippen molar-refractivity contribution in [1.29, 1.82) is 0 Å². The van der Waals surface area contributed by atoms with E-state index in [1.165, 1.54) is 30.4 Å². The van der Waals surface area contributed by atoms with Gasteiger partial charge in [0.1, 0.15) is 0 Å². The lowest BCUT2D eigenvalue weighted by Crippen LogP contribution is -2.33. The van der Waals surface area contributed by atoms with Crippen molar-refractivity contribution in [2.75, 3.05) is 0 Å². The van der Waals surface area contributed by atoms with E-state index in [2.05, 4.69) is 30.3 Å². The number of allylic oxidation sites excluding steroid dienone is 2. The lowest BCUT2D eigenvalue weighted by atomic mass is 9.64. The quantitative estimate of drug-likeness (QED) is 0.661. The standard InChI is InChI=1S/C16H18O/c1-12-11-16(10-8-15(12)17)9-4-6-13-5-2-3-7-14(13)16/h2-3,5,7,11H,4,6,8-10H2,1H3/t16-/m1/s1. The van der Waals surface area contributed by atoms with Crippen molar-refractivity contribution < 1.29 is 4.79 Å². The van der Waals surface area contributed by atoms with E-state index in [0.29, 0.717) is 5.78 Å². The molecule has 0 fully saturated rings. The van der Waals surface area contributed by atoms with Crippen LogP contribution in [0.5, 0.6) is 0 Å². The van der Waals surface area contributed by atoms with Gasteiger partial charge in [0.25, 0.3) is 0 Å². The highest BCUT2D eigenvalue weighted by Gasteiger charge is 2.37. The summed E-state index contributed by atoms with van der Waals surface area (Å²) < 4.78 is 0. The number of aryl methyl sites for hydroxylation is 1. The van der Waals surface area contributed by atoms with Crippen LogP contribution in [0.4, 0.5) is 0 Å². The normalized spacial score (nSPS) is 27.8. The van der Waals surface area contributed by atoms with Gasteiger partial charge in [-0.2, -0.15) is 0 Å². The molecular weight excluding hydrogens is 208 g/mol. The molecule has 1 heteroatoms. The van der Waals surface area contributed by atoms with E-state index in [-0.39, 0.29) is 5.41 Å². The van der Waals surface area contributed by atoms with Crippen molar-refractivity contribution in [3.8, 4) is 0 Å². The van der Waals surface area contributed by atoms with E-state index in [0.717, 1.165) is 18.4 Å². The Labute approximate surface area is 103 Å². The van der Waals surface area contributed by atoms with Crippen LogP contribution in [0.1, 0.15) is 43.7 Å². The van der Waals surface area contributed by atoms with Crippen molar-refractivity contribution in [2.45, 2.75) is 44.4 Å². The second-order valence-electron chi connectivity index (χ2n) is 5.42. The molecule has 0 bridgehead atoms. The first-order valence-electron chi connectivity index (χ1n) is 6.52. The number of Topliss-reactive ketones (excluding diaryl/α,β-unsaturated/α-hetero) is 1. The molecule has 0 amide bonds. The first kappa shape index (κ1) is 10.8. The van der Waals surface area contributed by atoms with E-state index in [1.54, 1.807) is 0 Å². The molecule has 0 radical (unpaired) electrons. The van der Waals surface area contributed by atoms with Crippen LogP contribution in [0, 0.1) is 0 Å². The molecule has 2 aliphatic rings. The Balaban J connectivity index is 2.14. The lowest BCUT2D eigenvalue weighted by Gasteiger charge is -2.39. The predicted molar refractivity (Wildman–Crippen MR) is 69.1 cm³/mol. The van der Waals surface area contributed by atoms with E-state index < -0.39 is 0 Å². The number of rotatable bonds is 0. The summed E-state index contributed by atoms with van der Waals surface area (Å²) in [4.78, 5) is 11.7. The molecule has 17 heavy (non-hydrogen) atoms. The summed E-state index contributed by atoms with van der Waals surface area (Å²) in [5, 5.41) is 0. The third kappa shape index (κ3) is 1.65. The summed E-state index contributed by atoms with van der Waals surface area (Å²) in [5.41, 5.74) is 4.08. The first-order chi connectivity index (χ1) is 8.21. The number of carbonyl (C=O) groups is 1. The van der Waals surface area contributed by atoms with Crippen LogP contribution in [0.15, 0.2) is 35.9 Å². The third-order valence-electron chi connectivity index (χ3n) is 4.35. The maximum Gasteiger partial charge on any atom is 0.158 e. The molecule has 0 N–H and O–H groups in total. The Kier molecular flexibility index (Phi) is 2.43. The molecule has 88 valence electrons. The molecule has 1 nitrogen and oxygen atoms in total. The van der Waals surface area contributed by atoms with Gasteiger partial charge >= 0.3 is 0 Å². The molecule has 1 aromatic rings. The molecule has 0 aliphatic heterocycles. The van der Waals surface area contributed by atoms with Gasteiger partial charge < -0.3 is 0 Å². The number of ketones is 1. The Morgan fingerprint density at radius 2 is 1.94 bits per heavy atom. The fourth-order valence-corrected chi connectivity index (χ4v) is 3.46. The van der Waals surface area contributed by atoms with Gasteiger partial charge in [-0.1, -0.05) is 30.3 Å². The number of hydrogen-bond donors (Lipinski definition) is 0. The second-order valence-corrected chi connectivity index (χ2v) is 5.42. The molecule has 1 spiro atoms. The maximum absolute atomic E-state index is 11.7. The van der Waals surface area contributed by atoms with Crippen LogP contribution >= 0.6 is 0 Å². The molecular formula is C16H18O. The fraction of sp³-hybridized carbons (Fsp3) is 0.438. The minimum absolute atomic E-state index is 0.160. The summed E-state index contributed by atoms with van der Waals surface area (Å²) in [7, 11) is 0. The average Bonchev–Trinajstić information content (AvgIpc) is 2.35. The van der Waals surface area contributed by atoms with E-state index in [1.807, 2.05) is 6.92 Å². The van der Waals surface area contributed by atoms with E-state index in [9.17, 15) is 4.79 Å². The number of hydrogen-bond acceptors (Lipinski definition) is 1. The fourth-order valence-electron chi connectivity index (χ4n) is 3.46. The minimum atomic E-state index is 0.160. The van der Waals surface area contributed by atoms with Crippen LogP contribution < -0.4 is 0 Å². The highest BCUT2D eigenvalue weighted by atomic mass is 16.1. The van der Waals surface area contributed by atoms with E-state index in [4.69, 9.17) is 0 Å². The SMILES string of the molecule is CC1=C[C@@]2(CCCc3ccccc32)CCC1=O. The highest BCUT2D eigenvalue weighted by molar-refractivity contribution is 5.96. The van der Waals surface area contributed by atoms with Gasteiger partial charge in [-0.25, -0.2) is 0 Å². The molecule has 1 atom stereocenters. The van der Waals surface area contributed by atoms with Gasteiger partial charge in [0.2, 0.25) is 0 Å². The molecule has 1 aromatic carbocycles. The molecule has 2 aliphatic carbocycles. The minimum Gasteiger partial charge on any atom is -0.295 e. The zero-order valence-electron chi connectivity index (χ0n) is 10.3. The summed E-state index contributed by atoms with van der Waals surface area (Å²) in [6.45, 7) is 1.97. The van der Waals surface area contributed by atoms with Crippen molar-refractivity contribution in [1.82, 2.24) is 0 Å². The van der Waals surface area contributed by atoms with Crippen molar-refractivity contribution >= 4 is 5.78 Å². The Morgan fingerprint density at radius 3 is 2.76 bits per heavy atom. The summed E-state index contributed by atoms with van der Waals surface area (Å²) in [6, 6.07) is 8.76. The van der Waals surface area contributed by atoms with Gasteiger partial charge in [-0.15, -0.1) is 0 Å². The van der Waals surface area contributed by atoms with Gasteiger partial charge in [0.05, 0.1) is 0 Å². The van der Waals surface area contributed by atoms with Crippen molar-refractivity contribution in [3.05, 3.63) is 47.0 Å². The highest BCUT2D eigenvalue weighted by Crippen LogP contribution is 2.44. The molecule has 0 heterocycles. The number of carbonyl (C=O) groups excluding carboxylic acids is 1. The van der Waals surface area contributed by atoms with Crippen LogP contribution in [0.25, 0.3) is 0 Å². The first-order valence-corrected chi connectivity index (χ1v) is 6.52. The van der Waals surface area contributed by atoms with Gasteiger partial charge in [0, 0.05) is 11.8 Å². The van der Waals surface area contributed by atoms with Crippen LogP contribution in [0.3, 0.4) is 0 Å². The smallest absolute Gasteiger partial charge is 0.158 e. The monoisotopic (exact) mass is 226 g/mol. The predicted octanol–water partition coefficient (Wildman–Crippen LogP) is 3.57. The molecule has 3 rings (SSSR count). The topological polar surface area (TPSA) is 17.1 Å². The van der Waals surface area contributed by atoms with Gasteiger partial charge in [0.15, 0.2) is 5.78 Å². The molecule has 0 unspecified atom stereocenters. The summed E-state index contributed by atoms with van der Waals surface area (Å²) in [5.74, 6) is 0.332. The third-order valence-corrected chi connectivity index (χ3v) is 4.35. The zero-order valence-corrected chi connectivity index (χ0v) is 10.3. The maximum atomic E-state index is 11.7. The van der Waals surface area contributed by atoms with E-state index >= 15 is 0 Å². The second kappa shape index (κ2) is 3.83. The Morgan fingerprint density at radius 1 is 1.12 bits per heavy atom. The summed E-state index contributed by atoms with van der Waals surface area (Å²) >= 11 is 0. The summed E-state index contributed by atoms with van der Waals surface area (Å²) in [6.07, 6.45) is 7.61. The molecule has 0 saturated heterocycles. The Hall–Kier alpha value is -1.37. The van der Waals surface area contributed by atoms with Crippen LogP contribution in [0.2, 0.25) is 0 Å². The average molecular weight is 226 g/mol. The van der Waals surface area contributed by atoms with Crippen LogP contribution in [-0.4, -0.2) is 5.78 Å². The number of fused-ring (bicyclic) bond motifs is 2. The van der Waals surface area contributed by atoms with Crippen molar-refractivity contribution in [2.24, 2.45) is 0 Å². The zero-order chi connectivity index (χ0) is 11.9. The number of benzene rings is 1. The van der Waals surface area contributed by atoms with Gasteiger partial charge in [-0.05, 0) is 49.3 Å². The largest absolute Gasteiger partial charge is 0.295 e. The van der Waals surface area contributed by atoms with Gasteiger partial charge in [-0.3, -0.25) is 4.79 Å². The van der Waals surface area contributed by atoms with Crippen LogP contribution in [-0.2, 0) is 16.6 Å². The van der Waals surface area contributed by atoms with Crippen molar-refractivity contribution in [3.63, 3.8) is 0 Å². The molecule has 0 saturated carbocycles. The lowest BCUT2D eigenvalue weighted by molar-refractivity contribution is -0.116.